The molecule has 2 atom stereocenters. The second-order valence-electron chi connectivity index (χ2n) is 13.1. The van der Waals surface area contributed by atoms with Crippen molar-refractivity contribution in [2.45, 2.75) is 102 Å². The van der Waals surface area contributed by atoms with Gasteiger partial charge in [0.2, 0.25) is 0 Å². The number of aliphatic carboxylic acids is 1. The van der Waals surface area contributed by atoms with E-state index in [0.29, 0.717) is 19.6 Å². The van der Waals surface area contributed by atoms with Crippen LogP contribution in [0.25, 0.3) is 0 Å². The van der Waals surface area contributed by atoms with Gasteiger partial charge >= 0.3 is 5.97 Å². The fourth-order valence-electron chi connectivity index (χ4n) is 4.10. The number of para-hydroxylation sites is 1. The first-order chi connectivity index (χ1) is 15.4. The maximum absolute atomic E-state index is 12.3. The van der Waals surface area contributed by atoms with E-state index in [1.165, 1.54) is 0 Å². The second kappa shape index (κ2) is 8.96. The molecule has 2 heterocycles. The Morgan fingerprint density at radius 2 is 1.53 bits per heavy atom. The van der Waals surface area contributed by atoms with Crippen LogP contribution in [0.5, 0.6) is 0 Å². The summed E-state index contributed by atoms with van der Waals surface area (Å²) in [6, 6.07) is 7.40. The molecule has 0 saturated carbocycles. The lowest BCUT2D eigenvalue weighted by atomic mass is 9.76. The highest BCUT2D eigenvalue weighted by molar-refractivity contribution is 6.74. The Kier molecular flexibility index (Phi) is 7.18. The molecule has 0 aliphatic carbocycles. The number of nitrogens with one attached hydrogen (secondary N) is 1. The normalized spacial score (nSPS) is 22.7. The molecule has 2 N–H and O–H groups in total. The van der Waals surface area contributed by atoms with Crippen LogP contribution in [-0.2, 0) is 13.6 Å². The SMILES string of the molecule is CC(C)(C)[Si](C)(C)OCC1(CO[Si](C)(C)C(C)(C)C)N[C@H](C(=O)O)CC2C1=Nc1ccccc12. The fourth-order valence-corrected chi connectivity index (χ4v) is 6.18. The molecule has 3 rings (SSSR count). The van der Waals surface area contributed by atoms with Crippen LogP contribution in [-0.4, -0.2) is 58.2 Å². The smallest absolute Gasteiger partial charge is 0.320 e. The summed E-state index contributed by atoms with van der Waals surface area (Å²) in [6.45, 7) is 23.0. The summed E-state index contributed by atoms with van der Waals surface area (Å²) < 4.78 is 13.5. The zero-order valence-electron chi connectivity index (χ0n) is 22.7. The lowest BCUT2D eigenvalue weighted by Gasteiger charge is -2.48. The lowest BCUT2D eigenvalue weighted by molar-refractivity contribution is -0.140. The summed E-state index contributed by atoms with van der Waals surface area (Å²) in [6.07, 6.45) is 0.479. The van der Waals surface area contributed by atoms with E-state index in [1.54, 1.807) is 0 Å². The molecular formula is C26H44N2O4Si2. The average Bonchev–Trinajstić information content (AvgIpc) is 3.08. The number of benzene rings is 1. The molecular weight excluding hydrogens is 460 g/mol. The van der Waals surface area contributed by atoms with E-state index in [-0.39, 0.29) is 16.0 Å². The zero-order valence-corrected chi connectivity index (χ0v) is 24.7. The number of hydrogen-bond donors (Lipinski definition) is 2. The average molecular weight is 505 g/mol. The van der Waals surface area contributed by atoms with Gasteiger partial charge in [-0.05, 0) is 54.3 Å². The highest BCUT2D eigenvalue weighted by Gasteiger charge is 2.53. The maximum atomic E-state index is 12.3. The number of piperidine rings is 1. The first kappa shape index (κ1) is 27.3. The van der Waals surface area contributed by atoms with Crippen LogP contribution >= 0.6 is 0 Å². The molecule has 0 spiro atoms. The van der Waals surface area contributed by atoms with Gasteiger partial charge in [0.15, 0.2) is 16.6 Å². The quantitative estimate of drug-likeness (QED) is 0.440. The number of nitrogens with zero attached hydrogens (tertiary/aromatic N) is 1. The van der Waals surface area contributed by atoms with Gasteiger partial charge in [0, 0.05) is 5.92 Å². The standard InChI is InChI=1S/C26H44N2O4Si2/c1-24(2,3)33(7,8)31-16-26(17-32-34(9,10)25(4,5)6)22-19(15-21(28-26)23(29)30)18-13-11-12-14-20(18)27-22/h11-14,19,21,28H,15-17H2,1-10H3,(H,29,30)/t19?,21-/m0/s1. The number of hydrogen-bond acceptors (Lipinski definition) is 5. The van der Waals surface area contributed by atoms with E-state index in [4.69, 9.17) is 13.8 Å². The Morgan fingerprint density at radius 3 is 2.00 bits per heavy atom. The van der Waals surface area contributed by atoms with Crippen LogP contribution in [0.15, 0.2) is 29.3 Å². The summed E-state index contributed by atoms with van der Waals surface area (Å²) in [4.78, 5) is 17.4. The molecule has 1 fully saturated rings. The van der Waals surface area contributed by atoms with Crippen molar-refractivity contribution < 1.29 is 18.8 Å². The molecule has 1 aromatic carbocycles. The Morgan fingerprint density at radius 1 is 1.03 bits per heavy atom. The predicted molar refractivity (Wildman–Crippen MR) is 144 cm³/mol. The minimum absolute atomic E-state index is 0.0369. The molecule has 0 radical (unpaired) electrons. The van der Waals surface area contributed by atoms with Gasteiger partial charge in [-0.2, -0.15) is 0 Å². The highest BCUT2D eigenvalue weighted by Crippen LogP contribution is 2.46. The molecule has 2 aliphatic heterocycles. The summed E-state index contributed by atoms with van der Waals surface area (Å²) in [5.74, 6) is -0.892. The van der Waals surface area contributed by atoms with Crippen LogP contribution in [0.2, 0.25) is 36.3 Å². The van der Waals surface area contributed by atoms with Crippen molar-refractivity contribution in [2.75, 3.05) is 13.2 Å². The molecule has 6 nitrogen and oxygen atoms in total. The van der Waals surface area contributed by atoms with Crippen LogP contribution in [0.1, 0.15) is 59.4 Å². The van der Waals surface area contributed by atoms with Crippen LogP contribution in [0.3, 0.4) is 0 Å². The second-order valence-corrected chi connectivity index (χ2v) is 22.7. The third-order valence-electron chi connectivity index (χ3n) is 8.56. The van der Waals surface area contributed by atoms with Crippen molar-refractivity contribution in [1.29, 1.82) is 0 Å². The summed E-state index contributed by atoms with van der Waals surface area (Å²) >= 11 is 0. The molecule has 8 heteroatoms. The van der Waals surface area contributed by atoms with Gasteiger partial charge in [-0.1, -0.05) is 59.7 Å². The van der Waals surface area contributed by atoms with Gasteiger partial charge < -0.3 is 14.0 Å². The van der Waals surface area contributed by atoms with Crippen LogP contribution in [0, 0.1) is 0 Å². The van der Waals surface area contributed by atoms with Crippen molar-refractivity contribution in [2.24, 2.45) is 4.99 Å². The molecule has 0 bridgehead atoms. The van der Waals surface area contributed by atoms with Crippen molar-refractivity contribution in [1.82, 2.24) is 5.32 Å². The molecule has 0 amide bonds. The van der Waals surface area contributed by atoms with Gasteiger partial charge in [-0.25, -0.2) is 0 Å². The van der Waals surface area contributed by atoms with Crippen molar-refractivity contribution in [3.05, 3.63) is 29.8 Å². The van der Waals surface area contributed by atoms with Crippen molar-refractivity contribution in [3.8, 4) is 0 Å². The van der Waals surface area contributed by atoms with Gasteiger partial charge in [0.05, 0.1) is 24.6 Å². The number of rotatable bonds is 7. The molecule has 1 saturated heterocycles. The van der Waals surface area contributed by atoms with E-state index in [0.717, 1.165) is 17.0 Å². The van der Waals surface area contributed by atoms with Gasteiger partial charge in [-0.3, -0.25) is 15.1 Å². The minimum Gasteiger partial charge on any atom is -0.480 e. The number of carboxylic acids is 1. The van der Waals surface area contributed by atoms with E-state index < -0.39 is 34.2 Å². The first-order valence-corrected chi connectivity index (χ1v) is 18.2. The van der Waals surface area contributed by atoms with Crippen LogP contribution < -0.4 is 5.32 Å². The monoisotopic (exact) mass is 504 g/mol. The Bertz CT molecular complexity index is 930. The molecule has 190 valence electrons. The molecule has 2 aliphatic rings. The van der Waals surface area contributed by atoms with E-state index >= 15 is 0 Å². The largest absolute Gasteiger partial charge is 0.480 e. The summed E-state index contributed by atoms with van der Waals surface area (Å²) in [5, 5.41) is 13.6. The third-order valence-corrected chi connectivity index (χ3v) is 17.5. The minimum atomic E-state index is -2.11. The number of carboxylic acid groups (broad SMARTS) is 1. The lowest BCUT2D eigenvalue weighted by Crippen LogP contribution is -2.69. The first-order valence-electron chi connectivity index (χ1n) is 12.4. The van der Waals surface area contributed by atoms with E-state index in [1.807, 2.05) is 18.2 Å². The van der Waals surface area contributed by atoms with E-state index in [9.17, 15) is 9.90 Å². The highest BCUT2D eigenvalue weighted by atomic mass is 28.4. The van der Waals surface area contributed by atoms with Crippen molar-refractivity contribution >= 4 is 34.0 Å². The number of fused-ring (bicyclic) bond motifs is 3. The Labute approximate surface area is 207 Å². The summed E-state index contributed by atoms with van der Waals surface area (Å²) in [7, 11) is -4.21. The third kappa shape index (κ3) is 5.11. The molecule has 0 aromatic heterocycles. The number of aliphatic imine (C=N–C) groups is 1. The van der Waals surface area contributed by atoms with E-state index in [2.05, 4.69) is 79.1 Å². The fraction of sp³-hybridized carbons (Fsp3) is 0.692. The van der Waals surface area contributed by atoms with Gasteiger partial charge in [-0.15, -0.1) is 0 Å². The maximum Gasteiger partial charge on any atom is 0.320 e. The molecule has 34 heavy (non-hydrogen) atoms. The number of carbonyl (C=O) groups is 1. The Balaban J connectivity index is 2.07. The Hall–Kier alpha value is -1.33. The topological polar surface area (TPSA) is 80.2 Å². The predicted octanol–water partition coefficient (Wildman–Crippen LogP) is 6.09. The van der Waals surface area contributed by atoms with Gasteiger partial charge in [0.25, 0.3) is 0 Å². The zero-order chi connectivity index (χ0) is 25.7. The van der Waals surface area contributed by atoms with Crippen molar-refractivity contribution in [3.63, 3.8) is 0 Å². The molecule has 1 aromatic rings. The van der Waals surface area contributed by atoms with Crippen LogP contribution in [0.4, 0.5) is 5.69 Å². The van der Waals surface area contributed by atoms with Gasteiger partial charge in [0.1, 0.15) is 11.6 Å². The summed E-state index contributed by atoms with van der Waals surface area (Å²) in [5.41, 5.74) is 2.20. The molecule has 1 unspecified atom stereocenters.